The predicted molar refractivity (Wildman–Crippen MR) is 79.5 cm³/mol. The Balaban J connectivity index is 2.13. The molecule has 2 heterocycles. The van der Waals surface area contributed by atoms with Crippen LogP contribution in [0.1, 0.15) is 38.9 Å². The van der Waals surface area contributed by atoms with E-state index in [9.17, 15) is 0 Å². The van der Waals surface area contributed by atoms with Crippen molar-refractivity contribution in [3.63, 3.8) is 0 Å². The van der Waals surface area contributed by atoms with E-state index in [0.717, 1.165) is 31.6 Å². The molecular weight excluding hydrogens is 234 g/mol. The number of imidazole rings is 1. The maximum atomic E-state index is 4.96. The Kier molecular flexibility index (Phi) is 3.31. The summed E-state index contributed by atoms with van der Waals surface area (Å²) < 4.78 is 2.45. The first-order chi connectivity index (χ1) is 9.24. The van der Waals surface area contributed by atoms with Crippen molar-refractivity contribution in [2.75, 3.05) is 13.1 Å². The molecule has 0 aliphatic carbocycles. The van der Waals surface area contributed by atoms with Crippen LogP contribution in [-0.4, -0.2) is 22.6 Å². The number of para-hydroxylation sites is 2. The van der Waals surface area contributed by atoms with Gasteiger partial charge in [0.25, 0.3) is 0 Å². The Morgan fingerprint density at radius 3 is 2.74 bits per heavy atom. The number of benzene rings is 1. The van der Waals surface area contributed by atoms with E-state index in [4.69, 9.17) is 4.98 Å². The second-order valence-corrected chi connectivity index (χ2v) is 5.89. The summed E-state index contributed by atoms with van der Waals surface area (Å²) in [5.41, 5.74) is 2.66. The Labute approximate surface area is 115 Å². The average Bonchev–Trinajstić information content (AvgIpc) is 2.80. The van der Waals surface area contributed by atoms with Gasteiger partial charge in [0.2, 0.25) is 0 Å². The van der Waals surface area contributed by atoms with Crippen LogP contribution in [0, 0.1) is 0 Å². The number of piperidine rings is 1. The van der Waals surface area contributed by atoms with Crippen LogP contribution >= 0.6 is 0 Å². The zero-order valence-electron chi connectivity index (χ0n) is 11.9. The number of hydrogen-bond acceptors (Lipinski definition) is 2. The van der Waals surface area contributed by atoms with E-state index in [1.54, 1.807) is 0 Å². The molecule has 0 amide bonds. The number of aryl methyl sites for hydroxylation is 1. The highest BCUT2D eigenvalue weighted by Crippen LogP contribution is 2.34. The summed E-state index contributed by atoms with van der Waals surface area (Å²) in [6, 6.07) is 8.53. The van der Waals surface area contributed by atoms with Gasteiger partial charge in [-0.3, -0.25) is 0 Å². The van der Waals surface area contributed by atoms with Gasteiger partial charge in [-0.1, -0.05) is 26.0 Å². The lowest BCUT2D eigenvalue weighted by atomic mass is 9.80. The molecule has 3 nitrogen and oxygen atoms in total. The number of rotatable bonds is 3. The monoisotopic (exact) mass is 257 g/mol. The van der Waals surface area contributed by atoms with Crippen molar-refractivity contribution in [3.05, 3.63) is 30.1 Å². The molecule has 3 heteroatoms. The summed E-state index contributed by atoms with van der Waals surface area (Å²) in [7, 11) is 0. The van der Waals surface area contributed by atoms with E-state index >= 15 is 0 Å². The van der Waals surface area contributed by atoms with Crippen molar-refractivity contribution in [3.8, 4) is 0 Å². The van der Waals surface area contributed by atoms with Gasteiger partial charge in [-0.25, -0.2) is 4.98 Å². The Morgan fingerprint density at radius 2 is 2.00 bits per heavy atom. The lowest BCUT2D eigenvalue weighted by molar-refractivity contribution is 0.309. The molecule has 2 aromatic rings. The third kappa shape index (κ3) is 2.16. The second-order valence-electron chi connectivity index (χ2n) is 5.89. The van der Waals surface area contributed by atoms with Crippen LogP contribution in [0.3, 0.4) is 0 Å². The molecule has 19 heavy (non-hydrogen) atoms. The smallest absolute Gasteiger partial charge is 0.115 e. The first kappa shape index (κ1) is 12.7. The molecule has 1 N–H and O–H groups in total. The molecule has 0 radical (unpaired) electrons. The first-order valence-corrected chi connectivity index (χ1v) is 7.41. The molecule has 0 saturated carbocycles. The van der Waals surface area contributed by atoms with Crippen LogP contribution in [0.2, 0.25) is 0 Å². The van der Waals surface area contributed by atoms with E-state index in [-0.39, 0.29) is 5.41 Å². The van der Waals surface area contributed by atoms with Gasteiger partial charge < -0.3 is 9.88 Å². The average molecular weight is 257 g/mol. The molecule has 0 spiro atoms. The molecule has 0 atom stereocenters. The fraction of sp³-hybridized carbons (Fsp3) is 0.562. The quantitative estimate of drug-likeness (QED) is 0.915. The normalized spacial score (nSPS) is 18.8. The molecule has 0 bridgehead atoms. The Bertz CT molecular complexity index is 564. The number of fused-ring (bicyclic) bond motifs is 1. The molecule has 102 valence electrons. The Hall–Kier alpha value is -1.35. The van der Waals surface area contributed by atoms with Gasteiger partial charge >= 0.3 is 0 Å². The number of aromatic nitrogens is 2. The summed E-state index contributed by atoms with van der Waals surface area (Å²) in [5.74, 6) is 1.29. The van der Waals surface area contributed by atoms with Gasteiger partial charge in [0.1, 0.15) is 5.82 Å². The summed E-state index contributed by atoms with van der Waals surface area (Å²) >= 11 is 0. The van der Waals surface area contributed by atoms with Gasteiger partial charge in [0.05, 0.1) is 11.0 Å². The zero-order chi connectivity index (χ0) is 13.3. The van der Waals surface area contributed by atoms with Gasteiger partial charge in [-0.05, 0) is 44.5 Å². The topological polar surface area (TPSA) is 29.9 Å². The standard InChI is InChI=1S/C16H23N3/c1-3-12-19-14-7-5-4-6-13(14)18-15(19)16(2)8-10-17-11-9-16/h4-7,17H,3,8-12H2,1-2H3. The summed E-state index contributed by atoms with van der Waals surface area (Å²) in [6.07, 6.45) is 3.52. The van der Waals surface area contributed by atoms with Gasteiger partial charge in [-0.2, -0.15) is 0 Å². The minimum atomic E-state index is 0.222. The number of nitrogens with zero attached hydrogens (tertiary/aromatic N) is 2. The van der Waals surface area contributed by atoms with Crippen molar-refractivity contribution < 1.29 is 0 Å². The maximum absolute atomic E-state index is 4.96. The van der Waals surface area contributed by atoms with Crippen LogP contribution in [0.25, 0.3) is 11.0 Å². The largest absolute Gasteiger partial charge is 0.328 e. The fourth-order valence-electron chi connectivity index (χ4n) is 3.19. The van der Waals surface area contributed by atoms with Crippen LogP contribution in [0.4, 0.5) is 0 Å². The first-order valence-electron chi connectivity index (χ1n) is 7.41. The highest BCUT2D eigenvalue weighted by molar-refractivity contribution is 5.76. The van der Waals surface area contributed by atoms with Crippen molar-refractivity contribution in [1.29, 1.82) is 0 Å². The van der Waals surface area contributed by atoms with Crippen molar-refractivity contribution in [1.82, 2.24) is 14.9 Å². The summed E-state index contributed by atoms with van der Waals surface area (Å²) in [4.78, 5) is 4.96. The Morgan fingerprint density at radius 1 is 1.26 bits per heavy atom. The van der Waals surface area contributed by atoms with E-state index in [1.165, 1.54) is 24.2 Å². The second kappa shape index (κ2) is 4.97. The third-order valence-electron chi connectivity index (χ3n) is 4.35. The van der Waals surface area contributed by atoms with Crippen molar-refractivity contribution >= 4 is 11.0 Å². The lowest BCUT2D eigenvalue weighted by Crippen LogP contribution is -2.39. The van der Waals surface area contributed by atoms with Crippen LogP contribution in [0.5, 0.6) is 0 Å². The minimum absolute atomic E-state index is 0.222. The van der Waals surface area contributed by atoms with Crippen LogP contribution in [0.15, 0.2) is 24.3 Å². The zero-order valence-corrected chi connectivity index (χ0v) is 11.9. The van der Waals surface area contributed by atoms with E-state index in [0.29, 0.717) is 0 Å². The molecule has 1 aliphatic heterocycles. The van der Waals surface area contributed by atoms with Crippen LogP contribution < -0.4 is 5.32 Å². The third-order valence-corrected chi connectivity index (χ3v) is 4.35. The molecule has 1 aromatic carbocycles. The predicted octanol–water partition coefficient (Wildman–Crippen LogP) is 3.09. The molecular formula is C16H23N3. The molecule has 1 saturated heterocycles. The van der Waals surface area contributed by atoms with E-state index in [2.05, 4.69) is 48.0 Å². The van der Waals surface area contributed by atoms with E-state index < -0.39 is 0 Å². The van der Waals surface area contributed by atoms with E-state index in [1.807, 2.05) is 0 Å². The van der Waals surface area contributed by atoms with Crippen molar-refractivity contribution in [2.24, 2.45) is 0 Å². The van der Waals surface area contributed by atoms with Gasteiger partial charge in [0.15, 0.2) is 0 Å². The van der Waals surface area contributed by atoms with Gasteiger partial charge in [-0.15, -0.1) is 0 Å². The SMILES string of the molecule is CCCn1c(C2(C)CCNCC2)nc2ccccc21. The fourth-order valence-corrected chi connectivity index (χ4v) is 3.19. The summed E-state index contributed by atoms with van der Waals surface area (Å²) in [6.45, 7) is 7.89. The number of nitrogens with one attached hydrogen (secondary N) is 1. The number of hydrogen-bond donors (Lipinski definition) is 1. The molecule has 1 aliphatic rings. The van der Waals surface area contributed by atoms with Gasteiger partial charge in [0, 0.05) is 12.0 Å². The maximum Gasteiger partial charge on any atom is 0.115 e. The van der Waals surface area contributed by atoms with Crippen molar-refractivity contribution in [2.45, 2.75) is 45.1 Å². The minimum Gasteiger partial charge on any atom is -0.328 e. The highest BCUT2D eigenvalue weighted by Gasteiger charge is 2.33. The lowest BCUT2D eigenvalue weighted by Gasteiger charge is -2.34. The molecule has 0 unspecified atom stereocenters. The molecule has 1 fully saturated rings. The highest BCUT2D eigenvalue weighted by atomic mass is 15.1. The van der Waals surface area contributed by atoms with Crippen LogP contribution in [-0.2, 0) is 12.0 Å². The molecule has 1 aromatic heterocycles. The summed E-state index contributed by atoms with van der Waals surface area (Å²) in [5, 5.41) is 3.46. The molecule has 3 rings (SSSR count).